The second-order valence-electron chi connectivity index (χ2n) is 5.58. The van der Waals surface area contributed by atoms with E-state index in [0.717, 1.165) is 24.3 Å². The Morgan fingerprint density at radius 2 is 1.88 bits per heavy atom. The van der Waals surface area contributed by atoms with Crippen LogP contribution in [0.2, 0.25) is 0 Å². The number of anilines is 2. The number of carbonyl (C=O) groups excluding carboxylic acids is 2. The molecule has 0 aromatic heterocycles. The molecule has 0 radical (unpaired) electrons. The summed E-state index contributed by atoms with van der Waals surface area (Å²) in [5, 5.41) is 7.21. The van der Waals surface area contributed by atoms with Gasteiger partial charge in [-0.15, -0.1) is 0 Å². The first-order valence-corrected chi connectivity index (χ1v) is 7.53. The summed E-state index contributed by atoms with van der Waals surface area (Å²) in [7, 11) is 0. The molecule has 3 rings (SSSR count). The van der Waals surface area contributed by atoms with Crippen molar-refractivity contribution >= 4 is 23.3 Å². The number of halogens is 3. The Labute approximate surface area is 141 Å². The van der Waals surface area contributed by atoms with Crippen LogP contribution in [0.5, 0.6) is 0 Å². The van der Waals surface area contributed by atoms with Gasteiger partial charge >= 0.3 is 6.03 Å². The number of hydrogen-bond acceptors (Lipinski definition) is 2. The summed E-state index contributed by atoms with van der Waals surface area (Å²) in [6, 6.07) is 4.71. The van der Waals surface area contributed by atoms with Gasteiger partial charge in [0, 0.05) is 24.2 Å². The highest BCUT2D eigenvalue weighted by Crippen LogP contribution is 2.28. The highest BCUT2D eigenvalue weighted by Gasteiger charge is 2.18. The van der Waals surface area contributed by atoms with E-state index in [1.54, 1.807) is 0 Å². The summed E-state index contributed by atoms with van der Waals surface area (Å²) in [6.45, 7) is -0.252. The molecule has 1 aliphatic heterocycles. The molecule has 1 aliphatic rings. The van der Waals surface area contributed by atoms with E-state index in [1.807, 2.05) is 0 Å². The smallest absolute Gasteiger partial charge is 0.319 e. The van der Waals surface area contributed by atoms with Crippen molar-refractivity contribution in [3.05, 3.63) is 58.9 Å². The zero-order valence-corrected chi connectivity index (χ0v) is 13.0. The third-order valence-corrected chi connectivity index (χ3v) is 3.78. The number of urea groups is 1. The third kappa shape index (κ3) is 3.90. The molecule has 0 saturated heterocycles. The first-order chi connectivity index (χ1) is 11.9. The Morgan fingerprint density at radius 1 is 1.08 bits per heavy atom. The number of rotatable bonds is 3. The molecule has 0 aliphatic carbocycles. The molecular formula is C17H14F3N3O2. The predicted octanol–water partition coefficient (Wildman–Crippen LogP) is 3.31. The first kappa shape index (κ1) is 16.8. The van der Waals surface area contributed by atoms with Crippen LogP contribution in [0.4, 0.5) is 29.3 Å². The van der Waals surface area contributed by atoms with Crippen LogP contribution in [0, 0.1) is 17.5 Å². The van der Waals surface area contributed by atoms with E-state index in [1.165, 1.54) is 6.07 Å². The molecule has 2 aromatic carbocycles. The van der Waals surface area contributed by atoms with Gasteiger partial charge in [-0.05, 0) is 42.3 Å². The quantitative estimate of drug-likeness (QED) is 0.796. The monoisotopic (exact) mass is 349 g/mol. The van der Waals surface area contributed by atoms with E-state index < -0.39 is 23.5 Å². The largest absolute Gasteiger partial charge is 0.334 e. The minimum Gasteiger partial charge on any atom is -0.334 e. The van der Waals surface area contributed by atoms with E-state index in [-0.39, 0.29) is 30.1 Å². The number of amides is 3. The molecule has 5 nitrogen and oxygen atoms in total. The van der Waals surface area contributed by atoms with Gasteiger partial charge < -0.3 is 16.0 Å². The average molecular weight is 349 g/mol. The Balaban J connectivity index is 1.67. The molecule has 0 saturated carbocycles. The van der Waals surface area contributed by atoms with Crippen LogP contribution in [0.15, 0.2) is 30.3 Å². The van der Waals surface area contributed by atoms with E-state index in [9.17, 15) is 22.8 Å². The zero-order valence-electron chi connectivity index (χ0n) is 13.0. The van der Waals surface area contributed by atoms with Gasteiger partial charge in [-0.3, -0.25) is 4.79 Å². The van der Waals surface area contributed by atoms with Crippen molar-refractivity contribution < 1.29 is 22.8 Å². The number of carbonyl (C=O) groups is 2. The summed E-state index contributed by atoms with van der Waals surface area (Å²) in [6.07, 6.45) is 0.718. The van der Waals surface area contributed by atoms with Crippen molar-refractivity contribution in [1.29, 1.82) is 0 Å². The third-order valence-electron chi connectivity index (χ3n) is 3.78. The lowest BCUT2D eigenvalue weighted by Crippen LogP contribution is -2.29. The lowest BCUT2D eigenvalue weighted by atomic mass is 10.0. The second-order valence-corrected chi connectivity index (χ2v) is 5.58. The fourth-order valence-corrected chi connectivity index (χ4v) is 2.52. The van der Waals surface area contributed by atoms with Crippen LogP contribution in [0.1, 0.15) is 17.5 Å². The van der Waals surface area contributed by atoms with Gasteiger partial charge in [-0.2, -0.15) is 0 Å². The number of hydrogen-bond donors (Lipinski definition) is 3. The molecule has 25 heavy (non-hydrogen) atoms. The first-order valence-electron chi connectivity index (χ1n) is 7.53. The van der Waals surface area contributed by atoms with Crippen molar-refractivity contribution in [1.82, 2.24) is 5.32 Å². The van der Waals surface area contributed by atoms with Gasteiger partial charge in [0.1, 0.15) is 17.5 Å². The second kappa shape index (κ2) is 6.84. The van der Waals surface area contributed by atoms with Crippen molar-refractivity contribution in [3.63, 3.8) is 0 Å². The van der Waals surface area contributed by atoms with Crippen LogP contribution in [0.25, 0.3) is 0 Å². The Hall–Kier alpha value is -3.03. The van der Waals surface area contributed by atoms with Crippen molar-refractivity contribution in [2.45, 2.75) is 19.4 Å². The normalized spacial score (nSPS) is 13.0. The van der Waals surface area contributed by atoms with Gasteiger partial charge in [0.25, 0.3) is 0 Å². The summed E-state index contributed by atoms with van der Waals surface area (Å²) in [4.78, 5) is 23.2. The van der Waals surface area contributed by atoms with Crippen LogP contribution in [-0.2, 0) is 17.8 Å². The number of benzene rings is 2. The Morgan fingerprint density at radius 3 is 2.68 bits per heavy atom. The summed E-state index contributed by atoms with van der Waals surface area (Å²) in [5.41, 5.74) is 0.991. The Kier molecular flexibility index (Phi) is 4.60. The minimum absolute atomic E-state index is 0.0243. The fraction of sp³-hybridized carbons (Fsp3) is 0.176. The van der Waals surface area contributed by atoms with E-state index in [0.29, 0.717) is 17.7 Å². The van der Waals surface area contributed by atoms with Gasteiger partial charge in [-0.25, -0.2) is 18.0 Å². The molecule has 3 N–H and O–H groups in total. The maximum absolute atomic E-state index is 14.0. The number of aryl methyl sites for hydroxylation is 1. The van der Waals surface area contributed by atoms with E-state index in [2.05, 4.69) is 16.0 Å². The van der Waals surface area contributed by atoms with Gasteiger partial charge in [-0.1, -0.05) is 0 Å². The highest BCUT2D eigenvalue weighted by atomic mass is 19.1. The highest BCUT2D eigenvalue weighted by molar-refractivity contribution is 5.95. The molecule has 0 fully saturated rings. The molecule has 1 heterocycles. The lowest BCUT2D eigenvalue weighted by Gasteiger charge is -2.18. The average Bonchev–Trinajstić information content (AvgIpc) is 2.56. The molecule has 0 bridgehead atoms. The molecule has 130 valence electrons. The van der Waals surface area contributed by atoms with Gasteiger partial charge in [0.2, 0.25) is 5.91 Å². The van der Waals surface area contributed by atoms with Gasteiger partial charge in [0.05, 0.1) is 5.69 Å². The van der Waals surface area contributed by atoms with E-state index >= 15 is 0 Å². The van der Waals surface area contributed by atoms with Crippen molar-refractivity contribution in [2.75, 3.05) is 10.6 Å². The predicted molar refractivity (Wildman–Crippen MR) is 85.6 cm³/mol. The van der Waals surface area contributed by atoms with E-state index in [4.69, 9.17) is 0 Å². The number of nitrogens with one attached hydrogen (secondary N) is 3. The maximum atomic E-state index is 14.0. The van der Waals surface area contributed by atoms with Crippen LogP contribution >= 0.6 is 0 Å². The maximum Gasteiger partial charge on any atom is 0.319 e. The standard InChI is InChI=1S/C17H14F3N3O2/c18-11-2-3-12(19)10(5-11)8-21-17(25)23-15-6-9-1-4-16(24)22-14(9)7-13(15)20/h2-3,5-7H,1,4,8H2,(H,22,24)(H2,21,23,25). The SMILES string of the molecule is O=C1CCc2cc(NC(=O)NCc3cc(F)ccc3F)c(F)cc2N1. The molecule has 8 heteroatoms. The fourth-order valence-electron chi connectivity index (χ4n) is 2.52. The van der Waals surface area contributed by atoms with Crippen molar-refractivity contribution in [2.24, 2.45) is 0 Å². The molecular weight excluding hydrogens is 335 g/mol. The topological polar surface area (TPSA) is 70.2 Å². The van der Waals surface area contributed by atoms with Crippen LogP contribution in [0.3, 0.4) is 0 Å². The molecule has 0 spiro atoms. The van der Waals surface area contributed by atoms with Crippen LogP contribution in [-0.4, -0.2) is 11.9 Å². The lowest BCUT2D eigenvalue weighted by molar-refractivity contribution is -0.116. The summed E-state index contributed by atoms with van der Waals surface area (Å²) < 4.78 is 40.6. The van der Waals surface area contributed by atoms with Gasteiger partial charge in [0.15, 0.2) is 0 Å². The molecule has 0 unspecified atom stereocenters. The molecule has 3 amide bonds. The summed E-state index contributed by atoms with van der Waals surface area (Å²) in [5.74, 6) is -2.19. The molecule has 0 atom stereocenters. The van der Waals surface area contributed by atoms with Crippen molar-refractivity contribution in [3.8, 4) is 0 Å². The van der Waals surface area contributed by atoms with Crippen LogP contribution < -0.4 is 16.0 Å². The zero-order chi connectivity index (χ0) is 18.0. The minimum atomic E-state index is -0.762. The Bertz CT molecular complexity index is 855. The molecule has 2 aromatic rings. The summed E-state index contributed by atoms with van der Waals surface area (Å²) >= 11 is 0. The number of fused-ring (bicyclic) bond motifs is 1.